The molecule has 0 bridgehead atoms. The second-order valence-electron chi connectivity index (χ2n) is 7.18. The van der Waals surface area contributed by atoms with Gasteiger partial charge in [0.25, 0.3) is 0 Å². The number of hydrogen-bond acceptors (Lipinski definition) is 4. The highest BCUT2D eigenvalue weighted by molar-refractivity contribution is 7.99. The Hall–Kier alpha value is -2.81. The average molecular weight is 450 g/mol. The van der Waals surface area contributed by atoms with E-state index in [4.69, 9.17) is 0 Å². The van der Waals surface area contributed by atoms with Crippen LogP contribution in [-0.4, -0.2) is 60.0 Å². The van der Waals surface area contributed by atoms with Crippen molar-refractivity contribution < 1.29 is 23.1 Å². The molecule has 1 heterocycles. The number of ether oxygens (including phenoxy) is 1. The summed E-state index contributed by atoms with van der Waals surface area (Å²) in [6, 6.07) is 13.1. The molecule has 3 amide bonds. The van der Waals surface area contributed by atoms with Crippen molar-refractivity contribution in [1.29, 1.82) is 0 Å². The van der Waals surface area contributed by atoms with Crippen LogP contribution in [0.5, 0.6) is 5.75 Å². The van der Waals surface area contributed by atoms with Crippen LogP contribution in [-0.2, 0) is 17.8 Å². The molecule has 9 heteroatoms. The predicted octanol–water partition coefficient (Wildman–Crippen LogP) is 4.07. The zero-order chi connectivity index (χ0) is 22.2. The Morgan fingerprint density at radius 1 is 1.06 bits per heavy atom. The fourth-order valence-electron chi connectivity index (χ4n) is 3.15. The Balaban J connectivity index is 1.48. The van der Waals surface area contributed by atoms with Crippen molar-refractivity contribution in [2.45, 2.75) is 19.6 Å². The van der Waals surface area contributed by atoms with Crippen LogP contribution < -0.4 is 10.1 Å². The maximum Gasteiger partial charge on any atom is 0.387 e. The Morgan fingerprint density at radius 2 is 1.68 bits per heavy atom. The minimum atomic E-state index is -2.87. The zero-order valence-electron chi connectivity index (χ0n) is 17.2. The van der Waals surface area contributed by atoms with E-state index in [1.165, 1.54) is 17.0 Å². The number of urea groups is 1. The molecule has 2 aromatic rings. The molecule has 0 aromatic heterocycles. The van der Waals surface area contributed by atoms with Crippen LogP contribution in [0.3, 0.4) is 0 Å². The van der Waals surface area contributed by atoms with Crippen molar-refractivity contribution in [3.8, 4) is 5.75 Å². The molecule has 166 valence electrons. The normalized spacial score (nSPS) is 13.7. The van der Waals surface area contributed by atoms with Crippen molar-refractivity contribution >= 4 is 29.4 Å². The maximum atomic E-state index is 12.4. The van der Waals surface area contributed by atoms with Crippen LogP contribution in [0.4, 0.5) is 19.3 Å². The quantitative estimate of drug-likeness (QED) is 0.692. The van der Waals surface area contributed by atoms with Crippen molar-refractivity contribution in [3.05, 3.63) is 59.7 Å². The molecule has 31 heavy (non-hydrogen) atoms. The lowest BCUT2D eigenvalue weighted by molar-refractivity contribution is -0.130. The summed E-state index contributed by atoms with van der Waals surface area (Å²) in [6.45, 7) is -0.966. The fourth-order valence-corrected chi connectivity index (χ4v) is 4.05. The van der Waals surface area contributed by atoms with Crippen molar-refractivity contribution in [1.82, 2.24) is 9.80 Å². The van der Waals surface area contributed by atoms with Gasteiger partial charge < -0.3 is 19.9 Å². The number of hydrogen-bond donors (Lipinski definition) is 1. The molecule has 3 rings (SSSR count). The third kappa shape index (κ3) is 7.13. The second-order valence-corrected chi connectivity index (χ2v) is 8.40. The van der Waals surface area contributed by atoms with E-state index >= 15 is 0 Å². The first kappa shape index (κ1) is 22.9. The molecule has 0 radical (unpaired) electrons. The van der Waals surface area contributed by atoms with Gasteiger partial charge in [0.1, 0.15) is 5.75 Å². The standard InChI is InChI=1S/C22H25F2N3O3S/c1-26(15-17-4-8-19(9-5-17)30-21(23)24)22(29)25-18-6-2-16(3-7-18)14-20(28)27-10-12-31-13-11-27/h2-9,21H,10-15H2,1H3,(H,25,29). The minimum Gasteiger partial charge on any atom is -0.435 e. The SMILES string of the molecule is CN(Cc1ccc(OC(F)F)cc1)C(=O)Nc1ccc(CC(=O)N2CCSCC2)cc1. The highest BCUT2D eigenvalue weighted by Crippen LogP contribution is 2.17. The van der Waals surface area contributed by atoms with Gasteiger partial charge in [-0.3, -0.25) is 4.79 Å². The molecule has 0 saturated carbocycles. The van der Waals surface area contributed by atoms with Crippen LogP contribution >= 0.6 is 11.8 Å². The molecule has 0 aliphatic carbocycles. The summed E-state index contributed by atoms with van der Waals surface area (Å²) in [5.74, 6) is 2.17. The van der Waals surface area contributed by atoms with Gasteiger partial charge in [-0.05, 0) is 35.4 Å². The van der Waals surface area contributed by atoms with E-state index < -0.39 is 6.61 Å². The van der Waals surface area contributed by atoms with Gasteiger partial charge in [-0.25, -0.2) is 4.79 Å². The third-order valence-corrected chi connectivity index (χ3v) is 5.78. The van der Waals surface area contributed by atoms with Gasteiger partial charge in [-0.1, -0.05) is 24.3 Å². The Morgan fingerprint density at radius 3 is 2.29 bits per heavy atom. The molecule has 0 spiro atoms. The van der Waals surface area contributed by atoms with E-state index in [1.807, 2.05) is 28.8 Å². The van der Waals surface area contributed by atoms with Gasteiger partial charge in [-0.15, -0.1) is 0 Å². The molecule has 1 aliphatic heterocycles. The molecule has 2 aromatic carbocycles. The highest BCUT2D eigenvalue weighted by atomic mass is 32.2. The summed E-state index contributed by atoms with van der Waals surface area (Å²) in [4.78, 5) is 28.2. The molecule has 1 fully saturated rings. The van der Waals surface area contributed by atoms with Gasteiger partial charge >= 0.3 is 12.6 Å². The van der Waals surface area contributed by atoms with Gasteiger partial charge in [0.15, 0.2) is 0 Å². The lowest BCUT2D eigenvalue weighted by atomic mass is 10.1. The van der Waals surface area contributed by atoms with Gasteiger partial charge in [0.05, 0.1) is 6.42 Å². The molecule has 0 unspecified atom stereocenters. The molecule has 6 nitrogen and oxygen atoms in total. The van der Waals surface area contributed by atoms with Crippen LogP contribution in [0.1, 0.15) is 11.1 Å². The number of nitrogens with zero attached hydrogens (tertiary/aromatic N) is 2. The lowest BCUT2D eigenvalue weighted by Crippen LogP contribution is -2.38. The number of amides is 3. The summed E-state index contributed by atoms with van der Waals surface area (Å²) < 4.78 is 28.7. The van der Waals surface area contributed by atoms with Gasteiger partial charge in [-0.2, -0.15) is 20.5 Å². The van der Waals surface area contributed by atoms with Crippen LogP contribution in [0.2, 0.25) is 0 Å². The van der Waals surface area contributed by atoms with E-state index in [9.17, 15) is 18.4 Å². The monoisotopic (exact) mass is 449 g/mol. The molecular weight excluding hydrogens is 424 g/mol. The van der Waals surface area contributed by atoms with Crippen LogP contribution in [0.15, 0.2) is 48.5 Å². The average Bonchev–Trinajstić information content (AvgIpc) is 2.76. The molecule has 0 atom stereocenters. The van der Waals surface area contributed by atoms with E-state index in [0.29, 0.717) is 18.7 Å². The number of carbonyl (C=O) groups excluding carboxylic acids is 2. The van der Waals surface area contributed by atoms with E-state index in [2.05, 4.69) is 10.1 Å². The number of nitrogens with one attached hydrogen (secondary N) is 1. The number of carbonyl (C=O) groups is 2. The fraction of sp³-hybridized carbons (Fsp3) is 0.364. The highest BCUT2D eigenvalue weighted by Gasteiger charge is 2.17. The molecule has 1 saturated heterocycles. The Bertz CT molecular complexity index is 873. The van der Waals surface area contributed by atoms with E-state index in [1.54, 1.807) is 31.3 Å². The number of benzene rings is 2. The van der Waals surface area contributed by atoms with Gasteiger partial charge in [0, 0.05) is 43.9 Å². The first-order valence-corrected chi connectivity index (χ1v) is 11.1. The molecule has 1 N–H and O–H groups in total. The first-order chi connectivity index (χ1) is 14.9. The van der Waals surface area contributed by atoms with Gasteiger partial charge in [0.2, 0.25) is 5.91 Å². The lowest BCUT2D eigenvalue weighted by Gasteiger charge is -2.26. The Kier molecular flexibility index (Phi) is 8.11. The van der Waals surface area contributed by atoms with E-state index in [0.717, 1.165) is 35.7 Å². The Labute approximate surface area is 184 Å². The van der Waals surface area contributed by atoms with Crippen molar-refractivity contribution in [2.24, 2.45) is 0 Å². The van der Waals surface area contributed by atoms with Crippen molar-refractivity contribution in [2.75, 3.05) is 37.0 Å². The number of thioether (sulfide) groups is 1. The van der Waals surface area contributed by atoms with Crippen LogP contribution in [0, 0.1) is 0 Å². The largest absolute Gasteiger partial charge is 0.435 e. The van der Waals surface area contributed by atoms with Crippen molar-refractivity contribution in [3.63, 3.8) is 0 Å². The topological polar surface area (TPSA) is 61.9 Å². The first-order valence-electron chi connectivity index (χ1n) is 9.91. The number of rotatable bonds is 7. The zero-order valence-corrected chi connectivity index (χ0v) is 18.0. The summed E-state index contributed by atoms with van der Waals surface area (Å²) >= 11 is 1.86. The summed E-state index contributed by atoms with van der Waals surface area (Å²) in [5.41, 5.74) is 2.31. The number of halogens is 2. The summed E-state index contributed by atoms with van der Waals surface area (Å²) in [5, 5.41) is 2.81. The minimum absolute atomic E-state index is 0.0728. The van der Waals surface area contributed by atoms with Crippen LogP contribution in [0.25, 0.3) is 0 Å². The smallest absolute Gasteiger partial charge is 0.387 e. The second kappa shape index (κ2) is 11.0. The number of anilines is 1. The third-order valence-electron chi connectivity index (χ3n) is 4.84. The maximum absolute atomic E-state index is 12.4. The molecule has 1 aliphatic rings. The predicted molar refractivity (Wildman–Crippen MR) is 118 cm³/mol. The summed E-state index contributed by atoms with van der Waals surface area (Å²) in [6.07, 6.45) is 0.351. The number of alkyl halides is 2. The van der Waals surface area contributed by atoms with E-state index in [-0.39, 0.29) is 17.7 Å². The molecular formula is C22H25F2N3O3S. The summed E-state index contributed by atoms with van der Waals surface area (Å²) in [7, 11) is 1.64.